The van der Waals surface area contributed by atoms with E-state index in [9.17, 15) is 4.79 Å². The van der Waals surface area contributed by atoms with E-state index < -0.39 is 0 Å². The number of aryl methyl sites for hydroxylation is 1. The minimum Gasteiger partial charge on any atom is -0.495 e. The number of nitrogens with one attached hydrogen (secondary N) is 1. The Morgan fingerprint density at radius 3 is 2.50 bits per heavy atom. The summed E-state index contributed by atoms with van der Waals surface area (Å²) >= 11 is 1.43. The number of hydrogen-bond acceptors (Lipinski definition) is 4. The number of aromatic nitrogens is 2. The number of fused-ring (bicyclic) bond motifs is 1. The minimum atomic E-state index is -0.351. The van der Waals surface area contributed by atoms with Crippen molar-refractivity contribution in [3.8, 4) is 11.4 Å². The second kappa shape index (κ2) is 8.63. The van der Waals surface area contributed by atoms with Gasteiger partial charge >= 0.3 is 0 Å². The maximum absolute atomic E-state index is 12.9. The fraction of sp³-hybridized carbons (Fsp3) is 0.167. The number of amides is 1. The van der Waals surface area contributed by atoms with Crippen molar-refractivity contribution in [1.29, 1.82) is 0 Å². The predicted molar refractivity (Wildman–Crippen MR) is 123 cm³/mol. The van der Waals surface area contributed by atoms with Crippen molar-refractivity contribution >= 4 is 34.4 Å². The van der Waals surface area contributed by atoms with Crippen LogP contribution in [0.25, 0.3) is 16.7 Å². The number of anilines is 1. The van der Waals surface area contributed by atoms with E-state index in [4.69, 9.17) is 9.72 Å². The molecule has 1 N–H and O–H groups in total. The zero-order valence-electron chi connectivity index (χ0n) is 17.1. The number of hydrogen-bond donors (Lipinski definition) is 1. The summed E-state index contributed by atoms with van der Waals surface area (Å²) in [7, 11) is 1.59. The average Bonchev–Trinajstić information content (AvgIpc) is 3.12. The van der Waals surface area contributed by atoms with Crippen LogP contribution in [0, 0.1) is 6.92 Å². The van der Waals surface area contributed by atoms with Crippen LogP contribution in [0.1, 0.15) is 12.5 Å². The van der Waals surface area contributed by atoms with Gasteiger partial charge in [-0.2, -0.15) is 0 Å². The number of benzene rings is 3. The summed E-state index contributed by atoms with van der Waals surface area (Å²) in [6, 6.07) is 23.7. The van der Waals surface area contributed by atoms with E-state index >= 15 is 0 Å². The van der Waals surface area contributed by atoms with Gasteiger partial charge in [-0.05, 0) is 50.2 Å². The van der Waals surface area contributed by atoms with E-state index in [1.165, 1.54) is 17.3 Å². The van der Waals surface area contributed by atoms with Crippen LogP contribution in [0.2, 0.25) is 0 Å². The Morgan fingerprint density at radius 1 is 1.03 bits per heavy atom. The maximum Gasteiger partial charge on any atom is 0.237 e. The monoisotopic (exact) mass is 417 g/mol. The molecule has 0 spiro atoms. The lowest BCUT2D eigenvalue weighted by Gasteiger charge is -2.15. The molecule has 0 aliphatic carbocycles. The van der Waals surface area contributed by atoms with E-state index in [2.05, 4.69) is 41.1 Å². The highest BCUT2D eigenvalue weighted by Gasteiger charge is 2.21. The van der Waals surface area contributed by atoms with Gasteiger partial charge in [0.25, 0.3) is 0 Å². The summed E-state index contributed by atoms with van der Waals surface area (Å²) in [5.74, 6) is 0.530. The van der Waals surface area contributed by atoms with Crippen molar-refractivity contribution in [2.75, 3.05) is 12.4 Å². The quantitative estimate of drug-likeness (QED) is 0.423. The topological polar surface area (TPSA) is 56.1 Å². The lowest BCUT2D eigenvalue weighted by atomic mass is 10.2. The SMILES string of the molecule is COc1ccccc1NC(=O)[C@H](C)Sc1nc2ccccc2n1-c1ccc(C)cc1. The number of carbonyl (C=O) groups is 1. The van der Waals surface area contributed by atoms with Crippen LogP contribution in [0.4, 0.5) is 5.69 Å². The van der Waals surface area contributed by atoms with Crippen molar-refractivity contribution in [2.24, 2.45) is 0 Å². The van der Waals surface area contributed by atoms with Crippen molar-refractivity contribution in [3.05, 3.63) is 78.4 Å². The third kappa shape index (κ3) is 4.04. The number of rotatable bonds is 6. The van der Waals surface area contributed by atoms with E-state index in [-0.39, 0.29) is 11.2 Å². The second-order valence-electron chi connectivity index (χ2n) is 7.00. The van der Waals surface area contributed by atoms with Gasteiger partial charge in [0.1, 0.15) is 5.75 Å². The lowest BCUT2D eigenvalue weighted by molar-refractivity contribution is -0.115. The van der Waals surface area contributed by atoms with Crippen LogP contribution in [0.3, 0.4) is 0 Å². The molecule has 0 fully saturated rings. The zero-order valence-corrected chi connectivity index (χ0v) is 17.9. The van der Waals surface area contributed by atoms with Gasteiger partial charge in [0.2, 0.25) is 5.91 Å². The highest BCUT2D eigenvalue weighted by molar-refractivity contribution is 8.00. The van der Waals surface area contributed by atoms with Gasteiger partial charge in [-0.25, -0.2) is 4.98 Å². The molecule has 4 aromatic rings. The first kappa shape index (κ1) is 20.0. The summed E-state index contributed by atoms with van der Waals surface area (Å²) < 4.78 is 7.44. The molecule has 1 amide bonds. The van der Waals surface area contributed by atoms with Gasteiger partial charge in [0.05, 0.1) is 29.1 Å². The van der Waals surface area contributed by atoms with Crippen LogP contribution < -0.4 is 10.1 Å². The third-order valence-electron chi connectivity index (χ3n) is 4.84. The average molecular weight is 418 g/mol. The number of methoxy groups -OCH3 is 1. The van der Waals surface area contributed by atoms with Gasteiger partial charge in [-0.15, -0.1) is 0 Å². The molecule has 0 saturated carbocycles. The lowest BCUT2D eigenvalue weighted by Crippen LogP contribution is -2.23. The molecule has 0 bridgehead atoms. The van der Waals surface area contributed by atoms with E-state index in [1.54, 1.807) is 7.11 Å². The van der Waals surface area contributed by atoms with Gasteiger partial charge in [-0.3, -0.25) is 9.36 Å². The number of para-hydroxylation sites is 4. The Bertz CT molecular complexity index is 1180. The van der Waals surface area contributed by atoms with Gasteiger partial charge < -0.3 is 10.1 Å². The molecule has 3 aromatic carbocycles. The van der Waals surface area contributed by atoms with Crippen LogP contribution in [-0.4, -0.2) is 27.8 Å². The molecule has 1 atom stereocenters. The molecule has 1 heterocycles. The molecular formula is C24H23N3O2S. The molecule has 0 aliphatic rings. The molecule has 1 aromatic heterocycles. The largest absolute Gasteiger partial charge is 0.495 e. The molecule has 0 radical (unpaired) electrons. The molecule has 30 heavy (non-hydrogen) atoms. The Balaban J connectivity index is 1.64. The molecule has 5 nitrogen and oxygen atoms in total. The number of ether oxygens (including phenoxy) is 1. The van der Waals surface area contributed by atoms with Crippen molar-refractivity contribution in [2.45, 2.75) is 24.3 Å². The summed E-state index contributed by atoms with van der Waals surface area (Å²) in [6.07, 6.45) is 0. The maximum atomic E-state index is 12.9. The van der Waals surface area contributed by atoms with Crippen LogP contribution in [0.15, 0.2) is 78.0 Å². The first-order valence-electron chi connectivity index (χ1n) is 9.72. The highest BCUT2D eigenvalue weighted by atomic mass is 32.2. The van der Waals surface area contributed by atoms with Crippen molar-refractivity contribution in [3.63, 3.8) is 0 Å². The molecule has 4 rings (SSSR count). The predicted octanol–water partition coefficient (Wildman–Crippen LogP) is 5.46. The fourth-order valence-corrected chi connectivity index (χ4v) is 4.16. The summed E-state index contributed by atoms with van der Waals surface area (Å²) in [5, 5.41) is 3.39. The summed E-state index contributed by atoms with van der Waals surface area (Å²) in [5.41, 5.74) is 4.79. The fourth-order valence-electron chi connectivity index (χ4n) is 3.22. The molecular weight excluding hydrogens is 394 g/mol. The van der Waals surface area contributed by atoms with Gasteiger partial charge in [0, 0.05) is 5.69 Å². The molecule has 6 heteroatoms. The Morgan fingerprint density at radius 2 is 1.73 bits per heavy atom. The summed E-state index contributed by atoms with van der Waals surface area (Å²) in [4.78, 5) is 17.7. The highest BCUT2D eigenvalue weighted by Crippen LogP contribution is 2.31. The Labute approximate surface area is 180 Å². The van der Waals surface area contributed by atoms with Crippen molar-refractivity contribution < 1.29 is 9.53 Å². The van der Waals surface area contributed by atoms with Gasteiger partial charge in [0.15, 0.2) is 5.16 Å². The normalized spacial score (nSPS) is 12.0. The number of carbonyl (C=O) groups excluding carboxylic acids is 1. The number of nitrogens with zero attached hydrogens (tertiary/aromatic N) is 2. The van der Waals surface area contributed by atoms with Crippen LogP contribution in [-0.2, 0) is 4.79 Å². The van der Waals surface area contributed by atoms with Crippen LogP contribution >= 0.6 is 11.8 Å². The molecule has 152 valence electrons. The van der Waals surface area contributed by atoms with Gasteiger partial charge in [-0.1, -0.05) is 53.7 Å². The molecule has 0 aliphatic heterocycles. The van der Waals surface area contributed by atoms with Crippen LogP contribution in [0.5, 0.6) is 5.75 Å². The van der Waals surface area contributed by atoms with E-state index in [0.717, 1.165) is 21.9 Å². The van der Waals surface area contributed by atoms with Crippen molar-refractivity contribution in [1.82, 2.24) is 9.55 Å². The zero-order chi connectivity index (χ0) is 21.1. The number of imidazole rings is 1. The standard InChI is InChI=1S/C24H23N3O2S/c1-16-12-14-18(15-13-16)27-21-10-6-4-8-19(21)26-24(27)30-17(2)23(28)25-20-9-5-7-11-22(20)29-3/h4-15,17H,1-3H3,(H,25,28)/t17-/m0/s1. The molecule has 0 unspecified atom stereocenters. The number of thioether (sulfide) groups is 1. The smallest absolute Gasteiger partial charge is 0.237 e. The second-order valence-corrected chi connectivity index (χ2v) is 8.31. The Kier molecular flexibility index (Phi) is 5.77. The first-order chi connectivity index (χ1) is 14.6. The third-order valence-corrected chi connectivity index (χ3v) is 5.89. The van der Waals surface area contributed by atoms with E-state index in [1.807, 2.05) is 55.5 Å². The summed E-state index contributed by atoms with van der Waals surface area (Å²) in [6.45, 7) is 3.95. The van der Waals surface area contributed by atoms with E-state index in [0.29, 0.717) is 11.4 Å². The minimum absolute atomic E-state index is 0.105. The first-order valence-corrected chi connectivity index (χ1v) is 10.6. The Hall–Kier alpha value is -3.25. The molecule has 0 saturated heterocycles.